The molecule has 0 radical (unpaired) electrons. The van der Waals surface area contributed by atoms with Gasteiger partial charge in [0.05, 0.1) is 0 Å². The van der Waals surface area contributed by atoms with E-state index >= 15 is 0 Å². The lowest BCUT2D eigenvalue weighted by Crippen LogP contribution is -1.92. The second-order valence-electron chi connectivity index (χ2n) is 13.9. The van der Waals surface area contributed by atoms with Crippen molar-refractivity contribution in [2.75, 3.05) is 0 Å². The van der Waals surface area contributed by atoms with Gasteiger partial charge < -0.3 is 0 Å². The second kappa shape index (κ2) is 47.9. The highest BCUT2D eigenvalue weighted by Gasteiger charge is 2.00. The average Bonchev–Trinajstić information content (AvgIpc) is 3.50. The van der Waals surface area contributed by atoms with Gasteiger partial charge >= 0.3 is 0 Å². The Morgan fingerprint density at radius 2 is 0.432 bits per heavy atom. The molecule has 0 unspecified atom stereocenters. The van der Waals surface area contributed by atoms with Crippen LogP contribution in [-0.4, -0.2) is 35.7 Å². The maximum atomic E-state index is 11.7. The fourth-order valence-corrected chi connectivity index (χ4v) is 5.28. The fourth-order valence-electron chi connectivity index (χ4n) is 5.28. The Balaban J connectivity index is 0. The van der Waals surface area contributed by atoms with Crippen molar-refractivity contribution in [3.8, 4) is 0 Å². The van der Waals surface area contributed by atoms with Crippen molar-refractivity contribution in [1.82, 2.24) is 0 Å². The van der Waals surface area contributed by atoms with E-state index in [2.05, 4.69) is 0 Å². The molecular formula is C68H76O6. The third-order valence-electron chi connectivity index (χ3n) is 8.80. The standard InChI is InChI=1S/2C15H12O.2C8H8O.2C7H6O.4C2H6/c2*16-15(14-9-5-2-6-10-14)12-11-13-7-3-1-4-8-13;2*1-7(9)8-5-3-2-4-6-8;2*8-6-7-4-2-1-3-5-7;4*1-2/h2*1-12H;2*2-6H,1H3;2*1-6H;4*1-2H3/b2*12-11+;;;;;;;;. The van der Waals surface area contributed by atoms with E-state index in [4.69, 9.17) is 0 Å². The van der Waals surface area contributed by atoms with Crippen molar-refractivity contribution < 1.29 is 28.8 Å². The van der Waals surface area contributed by atoms with Crippen LogP contribution in [-0.2, 0) is 0 Å². The lowest BCUT2D eigenvalue weighted by atomic mass is 10.1. The molecule has 6 nitrogen and oxygen atoms in total. The fraction of sp³-hybridized carbons (Fsp3) is 0.147. The first kappa shape index (κ1) is 67.3. The van der Waals surface area contributed by atoms with E-state index in [0.29, 0.717) is 0 Å². The zero-order chi connectivity index (χ0) is 55.5. The summed E-state index contributed by atoms with van der Waals surface area (Å²) in [6.07, 6.45) is 8.53. The van der Waals surface area contributed by atoms with E-state index in [1.807, 2.05) is 286 Å². The number of rotatable bonds is 10. The Bertz CT molecular complexity index is 2460. The van der Waals surface area contributed by atoms with Gasteiger partial charge in [0.25, 0.3) is 0 Å². The van der Waals surface area contributed by atoms with Crippen LogP contribution in [0.1, 0.15) is 143 Å². The van der Waals surface area contributed by atoms with E-state index in [1.54, 1.807) is 50.3 Å². The molecule has 0 saturated carbocycles. The highest BCUT2D eigenvalue weighted by molar-refractivity contribution is 6.07. The Kier molecular flexibility index (Phi) is 43.6. The lowest BCUT2D eigenvalue weighted by Gasteiger charge is -1.94. The minimum Gasteiger partial charge on any atom is -0.298 e. The minimum atomic E-state index is 0.0319. The molecule has 0 spiro atoms. The number of benzene rings is 8. The number of Topliss-reactive ketones (excluding diaryl/α,β-unsaturated/α-hetero) is 2. The smallest absolute Gasteiger partial charge is 0.185 e. The second-order valence-corrected chi connectivity index (χ2v) is 13.9. The monoisotopic (exact) mass is 989 g/mol. The highest BCUT2D eigenvalue weighted by Crippen LogP contribution is 2.07. The largest absolute Gasteiger partial charge is 0.298 e. The zero-order valence-electron chi connectivity index (χ0n) is 45.0. The van der Waals surface area contributed by atoms with Crippen LogP contribution < -0.4 is 0 Å². The molecule has 0 amide bonds. The number of allylic oxidation sites excluding steroid dienone is 2. The Labute approximate surface area is 443 Å². The molecule has 0 aliphatic heterocycles. The molecule has 0 aromatic heterocycles. The van der Waals surface area contributed by atoms with Crippen LogP contribution in [0.4, 0.5) is 0 Å². The van der Waals surface area contributed by atoms with Crippen LogP contribution in [0.25, 0.3) is 12.2 Å². The maximum absolute atomic E-state index is 11.7. The van der Waals surface area contributed by atoms with Crippen LogP contribution in [0.5, 0.6) is 0 Å². The van der Waals surface area contributed by atoms with Crippen LogP contribution in [0.3, 0.4) is 0 Å². The molecule has 8 aromatic carbocycles. The summed E-state index contributed by atoms with van der Waals surface area (Å²) in [5.41, 5.74) is 6.51. The molecule has 0 N–H and O–H groups in total. The first-order chi connectivity index (χ1) is 36.2. The van der Waals surface area contributed by atoms with Crippen LogP contribution in [0.15, 0.2) is 255 Å². The molecule has 6 heteroatoms. The van der Waals surface area contributed by atoms with Crippen molar-refractivity contribution >= 4 is 47.9 Å². The predicted molar refractivity (Wildman–Crippen MR) is 314 cm³/mol. The van der Waals surface area contributed by atoms with Gasteiger partial charge in [0.2, 0.25) is 0 Å². The molecule has 0 saturated heterocycles. The van der Waals surface area contributed by atoms with Gasteiger partial charge in [0.15, 0.2) is 23.1 Å². The van der Waals surface area contributed by atoms with Crippen LogP contribution in [0.2, 0.25) is 0 Å². The minimum absolute atomic E-state index is 0.0319. The number of ketones is 4. The van der Waals surface area contributed by atoms with Gasteiger partial charge in [0, 0.05) is 33.4 Å². The first-order valence-electron chi connectivity index (χ1n) is 25.0. The Morgan fingerprint density at radius 1 is 0.257 bits per heavy atom. The molecule has 0 atom stereocenters. The van der Waals surface area contributed by atoms with Crippen molar-refractivity contribution in [1.29, 1.82) is 0 Å². The predicted octanol–water partition coefficient (Wildman–Crippen LogP) is 18.0. The summed E-state index contributed by atoms with van der Waals surface area (Å²) in [6, 6.07) is 74.8. The third-order valence-corrected chi connectivity index (χ3v) is 8.80. The normalized spacial score (nSPS) is 8.89. The summed E-state index contributed by atoms with van der Waals surface area (Å²) >= 11 is 0. The summed E-state index contributed by atoms with van der Waals surface area (Å²) in [5.74, 6) is 0.306. The van der Waals surface area contributed by atoms with E-state index in [1.165, 1.54) is 0 Å². The Hall–Kier alpha value is -8.74. The van der Waals surface area contributed by atoms with E-state index < -0.39 is 0 Å². The summed E-state index contributed by atoms with van der Waals surface area (Å²) in [4.78, 5) is 64.8. The van der Waals surface area contributed by atoms with Crippen LogP contribution >= 0.6 is 0 Å². The molecule has 74 heavy (non-hydrogen) atoms. The summed E-state index contributed by atoms with van der Waals surface area (Å²) in [7, 11) is 0. The molecule has 384 valence electrons. The van der Waals surface area contributed by atoms with Crippen molar-refractivity contribution in [3.05, 3.63) is 299 Å². The van der Waals surface area contributed by atoms with Crippen LogP contribution in [0, 0.1) is 0 Å². The number of aldehydes is 2. The highest BCUT2D eigenvalue weighted by atomic mass is 16.1. The van der Waals surface area contributed by atoms with Crippen molar-refractivity contribution in [2.24, 2.45) is 0 Å². The van der Waals surface area contributed by atoms with Gasteiger partial charge in [-0.25, -0.2) is 0 Å². The number of hydrogen-bond donors (Lipinski definition) is 0. The molecule has 0 fully saturated rings. The van der Waals surface area contributed by atoms with Gasteiger partial charge in [-0.3, -0.25) is 28.8 Å². The number of carbonyl (C=O) groups excluding carboxylic acids is 6. The number of hydrogen-bond acceptors (Lipinski definition) is 6. The topological polar surface area (TPSA) is 102 Å². The molecule has 8 aromatic rings. The van der Waals surface area contributed by atoms with Gasteiger partial charge in [-0.2, -0.15) is 0 Å². The molecule has 0 bridgehead atoms. The number of carbonyl (C=O) groups is 6. The van der Waals surface area contributed by atoms with E-state index in [-0.39, 0.29) is 23.1 Å². The molecule has 0 aliphatic rings. The first-order valence-corrected chi connectivity index (χ1v) is 25.0. The summed E-state index contributed by atoms with van der Waals surface area (Å²) in [5, 5.41) is 0. The quantitative estimate of drug-likeness (QED) is 0.0768. The average molecular weight is 989 g/mol. The molecule has 0 aliphatic carbocycles. The van der Waals surface area contributed by atoms with Gasteiger partial charge in [-0.05, 0) is 37.1 Å². The third kappa shape index (κ3) is 33.7. The molecular weight excluding hydrogens is 913 g/mol. The SMILES string of the molecule is CC.CC.CC.CC.CC(=O)c1ccccc1.CC(=O)c1ccccc1.O=C(/C=C/c1ccccc1)c1ccccc1.O=C(/C=C/c1ccccc1)c1ccccc1.O=Cc1ccccc1.O=Cc1ccccc1. The molecule has 8 rings (SSSR count). The Morgan fingerprint density at radius 3 is 0.595 bits per heavy atom. The lowest BCUT2D eigenvalue weighted by molar-refractivity contribution is 0.100. The van der Waals surface area contributed by atoms with Crippen molar-refractivity contribution in [2.45, 2.75) is 69.2 Å². The molecule has 0 heterocycles. The van der Waals surface area contributed by atoms with E-state index in [9.17, 15) is 28.8 Å². The maximum Gasteiger partial charge on any atom is 0.185 e. The summed E-state index contributed by atoms with van der Waals surface area (Å²) < 4.78 is 0. The van der Waals surface area contributed by atoms with Crippen molar-refractivity contribution in [3.63, 3.8) is 0 Å². The zero-order valence-corrected chi connectivity index (χ0v) is 45.0. The summed E-state index contributed by atoms with van der Waals surface area (Å²) in [6.45, 7) is 19.1. The van der Waals surface area contributed by atoms with Gasteiger partial charge in [0.1, 0.15) is 12.6 Å². The van der Waals surface area contributed by atoms with Gasteiger partial charge in [-0.1, -0.05) is 310 Å². The van der Waals surface area contributed by atoms with Gasteiger partial charge in [-0.15, -0.1) is 0 Å². The van der Waals surface area contributed by atoms with E-state index in [0.717, 1.165) is 57.1 Å².